The minimum Gasteiger partial charge on any atom is -0.462 e. The summed E-state index contributed by atoms with van der Waals surface area (Å²) >= 11 is 0. The molecule has 6 heteroatoms. The van der Waals surface area contributed by atoms with Crippen LogP contribution in [0.15, 0.2) is 51.7 Å². The van der Waals surface area contributed by atoms with Crippen LogP contribution in [-0.2, 0) is 4.74 Å². The summed E-state index contributed by atoms with van der Waals surface area (Å²) in [4.78, 5) is 36.9. The molecule has 2 aromatic carbocycles. The average Bonchev–Trinajstić information content (AvgIpc) is 2.71. The maximum absolute atomic E-state index is 12.6. The highest BCUT2D eigenvalue weighted by molar-refractivity contribution is 6.03. The van der Waals surface area contributed by atoms with Gasteiger partial charge in [0.1, 0.15) is 5.58 Å². The van der Waals surface area contributed by atoms with Gasteiger partial charge < -0.3 is 14.5 Å². The van der Waals surface area contributed by atoms with E-state index in [1.807, 2.05) is 26.8 Å². The molecule has 29 heavy (non-hydrogen) atoms. The third-order valence-electron chi connectivity index (χ3n) is 4.75. The van der Waals surface area contributed by atoms with Crippen molar-refractivity contribution in [2.45, 2.75) is 33.6 Å². The Labute approximate surface area is 168 Å². The van der Waals surface area contributed by atoms with Crippen LogP contribution in [0.5, 0.6) is 0 Å². The summed E-state index contributed by atoms with van der Waals surface area (Å²) in [7, 11) is 0. The van der Waals surface area contributed by atoms with Crippen molar-refractivity contribution in [3.63, 3.8) is 0 Å². The van der Waals surface area contributed by atoms with E-state index in [-0.39, 0.29) is 11.2 Å². The van der Waals surface area contributed by atoms with Crippen LogP contribution in [0.25, 0.3) is 11.0 Å². The normalized spacial score (nSPS) is 10.7. The fourth-order valence-electron chi connectivity index (χ4n) is 2.84. The van der Waals surface area contributed by atoms with Gasteiger partial charge in [0.15, 0.2) is 11.2 Å². The van der Waals surface area contributed by atoms with Crippen molar-refractivity contribution in [2.75, 3.05) is 11.9 Å². The molecule has 0 unspecified atom stereocenters. The zero-order valence-corrected chi connectivity index (χ0v) is 16.7. The lowest BCUT2D eigenvalue weighted by molar-refractivity contribution is 0.0499. The van der Waals surface area contributed by atoms with Gasteiger partial charge in [-0.2, -0.15) is 0 Å². The SMILES string of the molecule is CCCCOC(=O)c1ccc(NC(=O)c2cc(=O)c3ccc(C)c(C)c3o2)cc1. The van der Waals surface area contributed by atoms with Crippen LogP contribution >= 0.6 is 0 Å². The summed E-state index contributed by atoms with van der Waals surface area (Å²) in [5.41, 5.74) is 2.81. The Morgan fingerprint density at radius 1 is 1.07 bits per heavy atom. The molecule has 1 aromatic heterocycles. The number of fused-ring (bicyclic) bond motifs is 1. The molecule has 0 aliphatic heterocycles. The molecule has 0 bridgehead atoms. The van der Waals surface area contributed by atoms with Gasteiger partial charge in [0.25, 0.3) is 5.91 Å². The van der Waals surface area contributed by atoms with Crippen LogP contribution < -0.4 is 10.7 Å². The molecular formula is C23H23NO5. The minimum absolute atomic E-state index is 0.0701. The van der Waals surface area contributed by atoms with Crippen molar-refractivity contribution in [1.29, 1.82) is 0 Å². The standard InChI is InChI=1S/C23H23NO5/c1-4-5-12-28-23(27)16-7-9-17(10-8-16)24-22(26)20-13-19(25)18-11-6-14(2)15(3)21(18)29-20/h6-11,13H,4-5,12H2,1-3H3,(H,24,26). The van der Waals surface area contributed by atoms with Gasteiger partial charge in [-0.25, -0.2) is 4.79 Å². The van der Waals surface area contributed by atoms with Crippen LogP contribution in [0.1, 0.15) is 51.8 Å². The number of anilines is 1. The molecule has 0 saturated carbocycles. The highest BCUT2D eigenvalue weighted by atomic mass is 16.5. The third-order valence-corrected chi connectivity index (χ3v) is 4.75. The summed E-state index contributed by atoms with van der Waals surface area (Å²) in [6, 6.07) is 11.1. The fourth-order valence-corrected chi connectivity index (χ4v) is 2.84. The summed E-state index contributed by atoms with van der Waals surface area (Å²) in [6.45, 7) is 6.16. The van der Waals surface area contributed by atoms with Crippen LogP contribution in [0, 0.1) is 13.8 Å². The third kappa shape index (κ3) is 4.54. The number of nitrogens with one attached hydrogen (secondary N) is 1. The van der Waals surface area contributed by atoms with E-state index in [1.165, 1.54) is 6.07 Å². The molecule has 3 rings (SSSR count). The zero-order valence-electron chi connectivity index (χ0n) is 16.7. The predicted molar refractivity (Wildman–Crippen MR) is 112 cm³/mol. The number of unbranched alkanes of at least 4 members (excludes halogenated alkanes) is 1. The van der Waals surface area contributed by atoms with Crippen molar-refractivity contribution in [1.82, 2.24) is 0 Å². The van der Waals surface area contributed by atoms with Crippen LogP contribution in [-0.4, -0.2) is 18.5 Å². The first-order chi connectivity index (χ1) is 13.9. The van der Waals surface area contributed by atoms with Crippen molar-refractivity contribution in [3.05, 3.63) is 75.1 Å². The lowest BCUT2D eigenvalue weighted by atomic mass is 10.1. The second kappa shape index (κ2) is 8.73. The molecular weight excluding hydrogens is 370 g/mol. The van der Waals surface area contributed by atoms with Gasteiger partial charge in [-0.3, -0.25) is 9.59 Å². The Morgan fingerprint density at radius 2 is 1.79 bits per heavy atom. The van der Waals surface area contributed by atoms with E-state index >= 15 is 0 Å². The van der Waals surface area contributed by atoms with Crippen LogP contribution in [0.2, 0.25) is 0 Å². The number of benzene rings is 2. The number of carbonyl (C=O) groups excluding carboxylic acids is 2. The molecule has 0 radical (unpaired) electrons. The van der Waals surface area contributed by atoms with E-state index in [1.54, 1.807) is 30.3 Å². The van der Waals surface area contributed by atoms with E-state index in [0.29, 0.717) is 28.8 Å². The molecule has 150 valence electrons. The summed E-state index contributed by atoms with van der Waals surface area (Å²) in [6.07, 6.45) is 1.76. The van der Waals surface area contributed by atoms with Crippen LogP contribution in [0.3, 0.4) is 0 Å². The maximum Gasteiger partial charge on any atom is 0.338 e. The second-order valence-electron chi connectivity index (χ2n) is 6.88. The molecule has 0 fully saturated rings. The summed E-state index contributed by atoms with van der Waals surface area (Å²) < 4.78 is 10.9. The van der Waals surface area contributed by atoms with Crippen molar-refractivity contribution in [2.24, 2.45) is 0 Å². The fraction of sp³-hybridized carbons (Fsp3) is 0.261. The van der Waals surface area contributed by atoms with E-state index in [4.69, 9.17) is 9.15 Å². The van der Waals surface area contributed by atoms with Gasteiger partial charge in [-0.05, 0) is 61.7 Å². The monoisotopic (exact) mass is 393 g/mol. The average molecular weight is 393 g/mol. The van der Waals surface area contributed by atoms with E-state index in [9.17, 15) is 14.4 Å². The Bertz CT molecular complexity index is 1110. The Morgan fingerprint density at radius 3 is 2.48 bits per heavy atom. The molecule has 6 nitrogen and oxygen atoms in total. The molecule has 0 aliphatic rings. The van der Waals surface area contributed by atoms with E-state index in [0.717, 1.165) is 24.0 Å². The largest absolute Gasteiger partial charge is 0.462 e. The van der Waals surface area contributed by atoms with Crippen molar-refractivity contribution in [3.8, 4) is 0 Å². The smallest absolute Gasteiger partial charge is 0.338 e. The molecule has 1 N–H and O–H groups in total. The summed E-state index contributed by atoms with van der Waals surface area (Å²) in [5, 5.41) is 3.12. The van der Waals surface area contributed by atoms with E-state index < -0.39 is 11.9 Å². The molecule has 0 atom stereocenters. The Kier molecular flexibility index (Phi) is 6.12. The number of hydrogen-bond donors (Lipinski definition) is 1. The molecule has 1 heterocycles. The number of ether oxygens (including phenoxy) is 1. The lowest BCUT2D eigenvalue weighted by Gasteiger charge is -2.09. The molecule has 3 aromatic rings. The molecule has 0 saturated heterocycles. The first-order valence-corrected chi connectivity index (χ1v) is 9.53. The van der Waals surface area contributed by atoms with Crippen molar-refractivity contribution >= 4 is 28.5 Å². The van der Waals surface area contributed by atoms with Crippen LogP contribution in [0.4, 0.5) is 5.69 Å². The zero-order chi connectivity index (χ0) is 21.0. The Balaban J connectivity index is 1.77. The lowest BCUT2D eigenvalue weighted by Crippen LogP contribution is -2.15. The topological polar surface area (TPSA) is 85.6 Å². The number of esters is 1. The number of aryl methyl sites for hydroxylation is 2. The van der Waals surface area contributed by atoms with E-state index in [2.05, 4.69) is 5.32 Å². The van der Waals surface area contributed by atoms with Gasteiger partial charge >= 0.3 is 5.97 Å². The molecule has 1 amide bonds. The van der Waals surface area contributed by atoms with Gasteiger partial charge in [-0.15, -0.1) is 0 Å². The first-order valence-electron chi connectivity index (χ1n) is 9.53. The van der Waals surface area contributed by atoms with Gasteiger partial charge in [0, 0.05) is 11.8 Å². The first kappa shape index (κ1) is 20.3. The summed E-state index contributed by atoms with van der Waals surface area (Å²) in [5.74, 6) is -1.01. The van der Waals surface area contributed by atoms with Gasteiger partial charge in [0.05, 0.1) is 17.6 Å². The molecule has 0 aliphatic carbocycles. The number of carbonyl (C=O) groups is 2. The van der Waals surface area contributed by atoms with Gasteiger partial charge in [0.2, 0.25) is 0 Å². The quantitative estimate of drug-likeness (QED) is 0.488. The molecule has 0 spiro atoms. The predicted octanol–water partition coefficient (Wildman–Crippen LogP) is 4.62. The number of rotatable bonds is 6. The Hall–Kier alpha value is -3.41. The highest BCUT2D eigenvalue weighted by Gasteiger charge is 2.15. The van der Waals surface area contributed by atoms with Gasteiger partial charge in [-0.1, -0.05) is 19.4 Å². The highest BCUT2D eigenvalue weighted by Crippen LogP contribution is 2.21. The number of amides is 1. The minimum atomic E-state index is -0.539. The maximum atomic E-state index is 12.6. The number of hydrogen-bond acceptors (Lipinski definition) is 5. The van der Waals surface area contributed by atoms with Crippen molar-refractivity contribution < 1.29 is 18.7 Å². The second-order valence-corrected chi connectivity index (χ2v) is 6.88.